The van der Waals surface area contributed by atoms with Crippen LogP contribution in [0.15, 0.2) is 12.1 Å². The summed E-state index contributed by atoms with van der Waals surface area (Å²) in [5, 5.41) is 8.42. The number of benzene rings is 1. The van der Waals surface area contributed by atoms with Gasteiger partial charge in [0.05, 0.1) is 12.3 Å². The van der Waals surface area contributed by atoms with E-state index in [0.717, 1.165) is 72.0 Å². The SMILES string of the molecule is Cc1cc(C)c(C2CC3C4B(C5CCCC6C7CCCNC7N3C56)C3CCCC5C6CCCNC6N(C4C2)C35)c(C)c1. The molecule has 6 saturated heterocycles. The van der Waals surface area contributed by atoms with Crippen LogP contribution < -0.4 is 10.6 Å². The maximum atomic E-state index is 4.21. The number of rotatable bonds is 1. The number of fused-ring (bicyclic) bond motifs is 10. The molecule has 6 aliphatic heterocycles. The Morgan fingerprint density at radius 3 is 1.67 bits per heavy atom. The normalized spacial score (nSPS) is 50.9. The lowest BCUT2D eigenvalue weighted by Crippen LogP contribution is -2.73. The van der Waals surface area contributed by atoms with Crippen molar-refractivity contribution in [3.05, 3.63) is 34.4 Å². The minimum Gasteiger partial charge on any atom is -0.301 e. The lowest BCUT2D eigenvalue weighted by atomic mass is 9.18. The second-order valence-electron chi connectivity index (χ2n) is 17.1. The molecule has 9 aliphatic rings. The van der Waals surface area contributed by atoms with Crippen molar-refractivity contribution in [1.29, 1.82) is 0 Å². The average molecular weight is 567 g/mol. The highest BCUT2D eigenvalue weighted by atomic mass is 15.4. The van der Waals surface area contributed by atoms with Crippen LogP contribution in [0.3, 0.4) is 0 Å². The Morgan fingerprint density at radius 2 is 1.14 bits per heavy atom. The average Bonchev–Trinajstić information content (AvgIpc) is 3.52. The largest absolute Gasteiger partial charge is 0.301 e. The monoisotopic (exact) mass is 566 g/mol. The minimum absolute atomic E-state index is 0.663. The molecular weight excluding hydrogens is 511 g/mol. The number of nitrogens with one attached hydrogen (secondary N) is 2. The zero-order chi connectivity index (χ0) is 27.9. The fourth-order valence-corrected chi connectivity index (χ4v) is 15.1. The quantitative estimate of drug-likeness (QED) is 0.381. The number of hydrogen-bond donors (Lipinski definition) is 2. The Morgan fingerprint density at radius 1 is 0.643 bits per heavy atom. The summed E-state index contributed by atoms with van der Waals surface area (Å²) in [6.45, 7) is 10.7. The van der Waals surface area contributed by atoms with Crippen molar-refractivity contribution >= 4 is 6.71 Å². The molecule has 10 rings (SSSR count). The third-order valence-corrected chi connectivity index (χ3v) is 15.6. The van der Waals surface area contributed by atoms with Crippen molar-refractivity contribution in [2.24, 2.45) is 23.7 Å². The van der Waals surface area contributed by atoms with E-state index in [9.17, 15) is 0 Å². The van der Waals surface area contributed by atoms with Crippen LogP contribution in [0.5, 0.6) is 0 Å². The molecule has 3 saturated carbocycles. The Balaban J connectivity index is 1.15. The van der Waals surface area contributed by atoms with Gasteiger partial charge in [-0.3, -0.25) is 9.80 Å². The Labute approximate surface area is 255 Å². The van der Waals surface area contributed by atoms with E-state index in [2.05, 4.69) is 53.3 Å². The van der Waals surface area contributed by atoms with Gasteiger partial charge in [0.25, 0.3) is 0 Å². The summed E-state index contributed by atoms with van der Waals surface area (Å²) in [5.41, 5.74) is 6.33. The molecular formula is C37H55BN4. The van der Waals surface area contributed by atoms with E-state index in [0.29, 0.717) is 18.2 Å². The molecule has 4 nitrogen and oxygen atoms in total. The highest BCUT2D eigenvalue weighted by Gasteiger charge is 2.71. The van der Waals surface area contributed by atoms with Crippen LogP contribution in [-0.2, 0) is 0 Å². The Hall–Kier alpha value is -0.875. The van der Waals surface area contributed by atoms with Crippen molar-refractivity contribution in [3.63, 3.8) is 0 Å². The van der Waals surface area contributed by atoms with Crippen LogP contribution in [0.2, 0.25) is 17.5 Å². The van der Waals surface area contributed by atoms with Crippen LogP contribution in [0.4, 0.5) is 0 Å². The lowest BCUT2D eigenvalue weighted by Gasteiger charge is -2.67. The molecule has 42 heavy (non-hydrogen) atoms. The molecule has 2 N–H and O–H groups in total. The highest BCUT2D eigenvalue weighted by molar-refractivity contribution is 6.65. The maximum Gasteiger partial charge on any atom is 0.156 e. The molecule has 0 radical (unpaired) electrons. The molecule has 226 valence electrons. The number of nitrogens with zero attached hydrogens (tertiary/aromatic N) is 2. The summed E-state index contributed by atoms with van der Waals surface area (Å²) in [6, 6.07) is 8.29. The van der Waals surface area contributed by atoms with Crippen LogP contribution >= 0.6 is 0 Å². The van der Waals surface area contributed by atoms with Crippen LogP contribution in [0.25, 0.3) is 0 Å². The van der Waals surface area contributed by atoms with E-state index < -0.39 is 0 Å². The standard InChI is InChI=1S/C37H55BN4/c1-20-16-21(2)32(22(3)17-20)23-18-30-33-31(19-23)42-35-25(27-11-7-15-40-37(27)42)9-5-13-29(35)38(33)28-12-4-8-24-26-10-6-14-39-36(26)41(30)34(24)28/h16-17,23-31,33-37,39-40H,4-15,18-19H2,1-3H3. The summed E-state index contributed by atoms with van der Waals surface area (Å²) < 4.78 is 0. The van der Waals surface area contributed by atoms with Crippen molar-refractivity contribution in [2.45, 2.75) is 158 Å². The van der Waals surface area contributed by atoms with E-state index in [4.69, 9.17) is 0 Å². The molecule has 0 spiro atoms. The van der Waals surface area contributed by atoms with Gasteiger partial charge in [-0.15, -0.1) is 0 Å². The molecule has 1 aromatic rings. The zero-order valence-electron chi connectivity index (χ0n) is 26.6. The predicted molar refractivity (Wildman–Crippen MR) is 172 cm³/mol. The van der Waals surface area contributed by atoms with E-state index in [1.165, 1.54) is 95.7 Å². The van der Waals surface area contributed by atoms with Gasteiger partial charge >= 0.3 is 0 Å². The van der Waals surface area contributed by atoms with Gasteiger partial charge in [0.15, 0.2) is 6.71 Å². The summed E-state index contributed by atoms with van der Waals surface area (Å²) in [4.78, 5) is 6.56. The first-order valence-corrected chi connectivity index (χ1v) is 18.7. The van der Waals surface area contributed by atoms with Gasteiger partial charge in [-0.2, -0.15) is 0 Å². The van der Waals surface area contributed by atoms with Crippen molar-refractivity contribution in [2.75, 3.05) is 13.1 Å². The number of aryl methyl sites for hydroxylation is 3. The first-order chi connectivity index (χ1) is 20.6. The molecule has 9 fully saturated rings. The third-order valence-electron chi connectivity index (χ3n) is 15.6. The third kappa shape index (κ3) is 3.41. The van der Waals surface area contributed by atoms with Gasteiger partial charge in [0.1, 0.15) is 0 Å². The van der Waals surface area contributed by atoms with Gasteiger partial charge in [0, 0.05) is 24.2 Å². The first-order valence-electron chi connectivity index (χ1n) is 18.7. The Bertz CT molecular complexity index is 1160. The van der Waals surface area contributed by atoms with Crippen LogP contribution in [0, 0.1) is 44.4 Å². The highest BCUT2D eigenvalue weighted by Crippen LogP contribution is 2.68. The molecule has 3 aliphatic carbocycles. The molecule has 1 aromatic carbocycles. The number of hydrogen-bond acceptors (Lipinski definition) is 4. The van der Waals surface area contributed by atoms with E-state index in [-0.39, 0.29) is 0 Å². The molecule has 0 aromatic heterocycles. The van der Waals surface area contributed by atoms with Gasteiger partial charge in [-0.25, -0.2) is 0 Å². The van der Waals surface area contributed by atoms with Crippen molar-refractivity contribution < 1.29 is 0 Å². The predicted octanol–water partition coefficient (Wildman–Crippen LogP) is 6.48. The van der Waals surface area contributed by atoms with Gasteiger partial charge in [-0.1, -0.05) is 43.4 Å². The molecule has 5 heteroatoms. The van der Waals surface area contributed by atoms with Gasteiger partial charge in [0.2, 0.25) is 0 Å². The molecule has 12 unspecified atom stereocenters. The summed E-state index contributed by atoms with van der Waals surface area (Å²) in [5.74, 6) is 7.30. The zero-order valence-corrected chi connectivity index (χ0v) is 26.6. The topological polar surface area (TPSA) is 30.5 Å². The first kappa shape index (κ1) is 26.4. The summed E-state index contributed by atoms with van der Waals surface area (Å²) >= 11 is 0. The molecule has 0 bridgehead atoms. The van der Waals surface area contributed by atoms with Crippen LogP contribution in [0.1, 0.15) is 105 Å². The maximum absolute atomic E-state index is 4.21. The van der Waals surface area contributed by atoms with Crippen molar-refractivity contribution in [1.82, 2.24) is 20.4 Å². The summed E-state index contributed by atoms with van der Waals surface area (Å²) in [6.07, 6.45) is 19.1. The van der Waals surface area contributed by atoms with Crippen LogP contribution in [-0.4, -0.2) is 66.1 Å². The van der Waals surface area contributed by atoms with E-state index >= 15 is 0 Å². The fourth-order valence-electron chi connectivity index (χ4n) is 15.1. The molecule has 0 amide bonds. The fraction of sp³-hybridized carbons (Fsp3) is 0.838. The van der Waals surface area contributed by atoms with Gasteiger partial charge in [-0.05, 0) is 149 Å². The molecule has 6 heterocycles. The smallest absolute Gasteiger partial charge is 0.156 e. The number of piperidine rings is 2. The Kier molecular flexibility index (Phi) is 6.00. The van der Waals surface area contributed by atoms with E-state index in [1.807, 2.05) is 0 Å². The van der Waals surface area contributed by atoms with Gasteiger partial charge < -0.3 is 10.6 Å². The van der Waals surface area contributed by atoms with Crippen molar-refractivity contribution in [3.8, 4) is 0 Å². The van der Waals surface area contributed by atoms with E-state index in [1.54, 1.807) is 16.7 Å². The molecule has 12 atom stereocenters. The second kappa shape index (κ2) is 9.57. The summed E-state index contributed by atoms with van der Waals surface area (Å²) in [7, 11) is 0. The second-order valence-corrected chi connectivity index (χ2v) is 17.1. The lowest BCUT2D eigenvalue weighted by molar-refractivity contribution is -0.0322. The minimum atomic E-state index is 0.663.